The van der Waals surface area contributed by atoms with Crippen molar-refractivity contribution in [3.8, 4) is 0 Å². The quantitative estimate of drug-likeness (QED) is 0.399. The van der Waals surface area contributed by atoms with Gasteiger partial charge in [0.2, 0.25) is 0 Å². The predicted molar refractivity (Wildman–Crippen MR) is 115 cm³/mol. The van der Waals surface area contributed by atoms with Crippen LogP contribution in [0.3, 0.4) is 0 Å². The number of guanidine groups is 1. The van der Waals surface area contributed by atoms with Gasteiger partial charge in [0.15, 0.2) is 5.96 Å². The number of aryl methyl sites for hydroxylation is 1. The van der Waals surface area contributed by atoms with Crippen LogP contribution in [0.4, 0.5) is 0 Å². The first kappa shape index (κ1) is 22.2. The van der Waals surface area contributed by atoms with Gasteiger partial charge in [-0.3, -0.25) is 9.89 Å². The Kier molecular flexibility index (Phi) is 9.81. The normalized spacial score (nSPS) is 17.3. The Labute approximate surface area is 169 Å². The lowest BCUT2D eigenvalue weighted by molar-refractivity contribution is 0.00741. The van der Waals surface area contributed by atoms with Crippen molar-refractivity contribution in [3.05, 3.63) is 24.0 Å². The largest absolute Gasteiger partial charge is 0.379 e. The minimum absolute atomic E-state index is 0. The van der Waals surface area contributed by atoms with E-state index in [1.165, 1.54) is 5.69 Å². The van der Waals surface area contributed by atoms with Crippen molar-refractivity contribution < 1.29 is 4.74 Å². The van der Waals surface area contributed by atoms with E-state index in [4.69, 9.17) is 4.74 Å². The fourth-order valence-electron chi connectivity index (χ4n) is 3.25. The molecule has 1 atom stereocenters. The highest BCUT2D eigenvalue weighted by atomic mass is 127. The third-order valence-corrected chi connectivity index (χ3v) is 4.78. The molecular formula is C18H34IN5O. The molecule has 25 heavy (non-hydrogen) atoms. The maximum absolute atomic E-state index is 5.49. The number of morpholine rings is 1. The molecule has 1 aromatic rings. The molecule has 0 radical (unpaired) electrons. The molecule has 1 fully saturated rings. The fraction of sp³-hybridized carbons (Fsp3) is 0.722. The molecular weight excluding hydrogens is 429 g/mol. The predicted octanol–water partition coefficient (Wildman–Crippen LogP) is 2.01. The number of halogens is 1. The van der Waals surface area contributed by atoms with Gasteiger partial charge in [0.25, 0.3) is 0 Å². The second-order valence-corrected chi connectivity index (χ2v) is 6.85. The van der Waals surface area contributed by atoms with Crippen molar-refractivity contribution >= 4 is 29.9 Å². The minimum atomic E-state index is 0. The smallest absolute Gasteiger partial charge is 0.193 e. The summed E-state index contributed by atoms with van der Waals surface area (Å²) in [7, 11) is 6.01. The van der Waals surface area contributed by atoms with Gasteiger partial charge in [0, 0.05) is 58.7 Å². The SMILES string of the molecule is CN=C(NCC(C(C)C)N1CCOCC1)N(C)Cc1cccn1C.I. The van der Waals surface area contributed by atoms with E-state index in [1.807, 2.05) is 7.05 Å². The van der Waals surface area contributed by atoms with Crippen molar-refractivity contribution in [2.75, 3.05) is 46.9 Å². The molecule has 1 aliphatic rings. The van der Waals surface area contributed by atoms with E-state index in [2.05, 4.69) is 70.9 Å². The number of nitrogens with one attached hydrogen (secondary N) is 1. The van der Waals surface area contributed by atoms with Crippen molar-refractivity contribution in [2.45, 2.75) is 26.4 Å². The van der Waals surface area contributed by atoms with E-state index >= 15 is 0 Å². The van der Waals surface area contributed by atoms with Crippen LogP contribution in [0, 0.1) is 5.92 Å². The highest BCUT2D eigenvalue weighted by molar-refractivity contribution is 14.0. The van der Waals surface area contributed by atoms with Crippen molar-refractivity contribution in [3.63, 3.8) is 0 Å². The monoisotopic (exact) mass is 463 g/mol. The van der Waals surface area contributed by atoms with Crippen LogP contribution in [0.5, 0.6) is 0 Å². The second-order valence-electron chi connectivity index (χ2n) is 6.85. The molecule has 0 aromatic carbocycles. The molecule has 0 saturated carbocycles. The number of aromatic nitrogens is 1. The van der Waals surface area contributed by atoms with Crippen LogP contribution >= 0.6 is 24.0 Å². The summed E-state index contributed by atoms with van der Waals surface area (Å²) in [5.41, 5.74) is 1.27. The average molecular weight is 463 g/mol. The van der Waals surface area contributed by atoms with Gasteiger partial charge in [-0.25, -0.2) is 0 Å². The zero-order valence-corrected chi connectivity index (χ0v) is 18.6. The lowest BCUT2D eigenvalue weighted by atomic mass is 10.0. The summed E-state index contributed by atoms with van der Waals surface area (Å²) in [6.07, 6.45) is 2.08. The lowest BCUT2D eigenvalue weighted by Crippen LogP contribution is -2.52. The van der Waals surface area contributed by atoms with Crippen molar-refractivity contribution in [1.29, 1.82) is 0 Å². The van der Waals surface area contributed by atoms with Gasteiger partial charge in [-0.1, -0.05) is 13.8 Å². The number of ether oxygens (including phenoxy) is 1. The van der Waals surface area contributed by atoms with Gasteiger partial charge in [-0.05, 0) is 18.1 Å². The molecule has 0 amide bonds. The first-order valence-corrected chi connectivity index (χ1v) is 8.86. The van der Waals surface area contributed by atoms with E-state index in [0.29, 0.717) is 12.0 Å². The summed E-state index contributed by atoms with van der Waals surface area (Å²) < 4.78 is 7.64. The average Bonchev–Trinajstić information content (AvgIpc) is 2.97. The van der Waals surface area contributed by atoms with Gasteiger partial charge in [-0.2, -0.15) is 0 Å². The van der Waals surface area contributed by atoms with Crippen LogP contribution in [0.15, 0.2) is 23.3 Å². The van der Waals surface area contributed by atoms with Crippen molar-refractivity contribution in [2.24, 2.45) is 18.0 Å². The fourth-order valence-corrected chi connectivity index (χ4v) is 3.25. The van der Waals surface area contributed by atoms with Gasteiger partial charge < -0.3 is 19.5 Å². The molecule has 1 aromatic heterocycles. The molecule has 0 spiro atoms. The highest BCUT2D eigenvalue weighted by Gasteiger charge is 2.24. The molecule has 0 bridgehead atoms. The Bertz CT molecular complexity index is 525. The summed E-state index contributed by atoms with van der Waals surface area (Å²) in [5.74, 6) is 1.53. The minimum Gasteiger partial charge on any atom is -0.379 e. The number of rotatable bonds is 6. The molecule has 2 heterocycles. The molecule has 1 aliphatic heterocycles. The highest BCUT2D eigenvalue weighted by Crippen LogP contribution is 2.12. The Morgan fingerprint density at radius 2 is 2.04 bits per heavy atom. The second kappa shape index (κ2) is 11.0. The number of nitrogens with zero attached hydrogens (tertiary/aromatic N) is 4. The molecule has 1 saturated heterocycles. The Morgan fingerprint density at radius 3 is 2.56 bits per heavy atom. The Balaban J connectivity index is 0.00000312. The summed E-state index contributed by atoms with van der Waals surface area (Å²) in [6.45, 7) is 10.0. The molecule has 7 heteroatoms. The number of hydrogen-bond acceptors (Lipinski definition) is 3. The number of hydrogen-bond donors (Lipinski definition) is 1. The van der Waals surface area contributed by atoms with Crippen LogP contribution in [0.2, 0.25) is 0 Å². The first-order valence-electron chi connectivity index (χ1n) is 8.86. The van der Waals surface area contributed by atoms with Crippen LogP contribution in [0.25, 0.3) is 0 Å². The molecule has 144 valence electrons. The maximum Gasteiger partial charge on any atom is 0.193 e. The van der Waals surface area contributed by atoms with Crippen LogP contribution < -0.4 is 5.32 Å². The lowest BCUT2D eigenvalue weighted by Gasteiger charge is -2.37. The van der Waals surface area contributed by atoms with E-state index in [0.717, 1.165) is 45.4 Å². The van der Waals surface area contributed by atoms with E-state index in [-0.39, 0.29) is 24.0 Å². The summed E-state index contributed by atoms with van der Waals surface area (Å²) in [4.78, 5) is 9.16. The van der Waals surface area contributed by atoms with Gasteiger partial charge in [0.05, 0.1) is 19.8 Å². The molecule has 1 N–H and O–H groups in total. The molecule has 1 unspecified atom stereocenters. The Morgan fingerprint density at radius 1 is 1.36 bits per heavy atom. The summed E-state index contributed by atoms with van der Waals surface area (Å²) in [5, 5.41) is 3.56. The topological polar surface area (TPSA) is 45.0 Å². The molecule has 2 rings (SSSR count). The van der Waals surface area contributed by atoms with Crippen LogP contribution in [0.1, 0.15) is 19.5 Å². The zero-order valence-electron chi connectivity index (χ0n) is 16.2. The van der Waals surface area contributed by atoms with Gasteiger partial charge in [0.1, 0.15) is 0 Å². The maximum atomic E-state index is 5.49. The third-order valence-electron chi connectivity index (χ3n) is 4.78. The van der Waals surface area contributed by atoms with Gasteiger partial charge in [-0.15, -0.1) is 24.0 Å². The molecule has 6 nitrogen and oxygen atoms in total. The zero-order chi connectivity index (χ0) is 17.5. The molecule has 0 aliphatic carbocycles. The summed E-state index contributed by atoms with van der Waals surface area (Å²) >= 11 is 0. The third kappa shape index (κ3) is 6.45. The van der Waals surface area contributed by atoms with Crippen LogP contribution in [-0.4, -0.2) is 73.3 Å². The van der Waals surface area contributed by atoms with E-state index in [1.54, 1.807) is 0 Å². The van der Waals surface area contributed by atoms with Crippen LogP contribution in [-0.2, 0) is 18.3 Å². The first-order chi connectivity index (χ1) is 11.5. The Hall–Kier alpha value is -0.800. The standard InChI is InChI=1S/C18H33N5O.HI/c1-15(2)17(23-9-11-24-12-10-23)13-20-18(19-3)22(5)14-16-7-6-8-21(16)4;/h6-8,15,17H,9-14H2,1-5H3,(H,19,20);1H. The summed E-state index contributed by atoms with van der Waals surface area (Å²) in [6, 6.07) is 4.72. The van der Waals surface area contributed by atoms with Gasteiger partial charge >= 0.3 is 0 Å². The van der Waals surface area contributed by atoms with E-state index in [9.17, 15) is 0 Å². The number of aliphatic imine (C=N–C) groups is 1. The van der Waals surface area contributed by atoms with Crippen molar-refractivity contribution in [1.82, 2.24) is 19.7 Å². The van der Waals surface area contributed by atoms with E-state index < -0.39 is 0 Å².